The predicted octanol–water partition coefficient (Wildman–Crippen LogP) is 3.06. The first-order valence-electron chi connectivity index (χ1n) is 7.52. The van der Waals surface area contributed by atoms with Crippen LogP contribution < -0.4 is 5.32 Å². The van der Waals surface area contributed by atoms with Gasteiger partial charge in [0, 0.05) is 30.3 Å². The maximum atomic E-state index is 12.0. The normalized spacial score (nSPS) is 10.8. The van der Waals surface area contributed by atoms with Crippen LogP contribution in [0.3, 0.4) is 0 Å². The molecule has 0 radical (unpaired) electrons. The number of benzene rings is 1. The van der Waals surface area contributed by atoms with Gasteiger partial charge in [-0.15, -0.1) is 10.2 Å². The molecule has 1 amide bonds. The molecule has 0 spiro atoms. The molecule has 0 bridgehead atoms. The topological polar surface area (TPSA) is 103 Å². The zero-order chi connectivity index (χ0) is 17.7. The summed E-state index contributed by atoms with van der Waals surface area (Å²) in [6.45, 7) is 6.85. The summed E-state index contributed by atoms with van der Waals surface area (Å²) in [4.78, 5) is 22.1. The fraction of sp³-hybridized carbons (Fsp3) is 0.400. The molecule has 9 heteroatoms. The predicted molar refractivity (Wildman–Crippen MR) is 92.2 cm³/mol. The van der Waals surface area contributed by atoms with E-state index in [0.29, 0.717) is 10.8 Å². The van der Waals surface area contributed by atoms with Crippen LogP contribution in [0.4, 0.5) is 11.4 Å². The number of carbonyl (C=O) groups is 1. The van der Waals surface area contributed by atoms with Crippen LogP contribution in [-0.2, 0) is 11.3 Å². The molecule has 2 rings (SSSR count). The molecule has 0 fully saturated rings. The number of non-ortho nitro benzene ring substituents is 1. The summed E-state index contributed by atoms with van der Waals surface area (Å²) in [6, 6.07) is 5.72. The SMILES string of the molecule is CCn1c(SCC(=O)Nc2ccc([N+](=O)[O-])cc2)nnc1C(C)C. The van der Waals surface area contributed by atoms with Crippen LogP contribution in [0.2, 0.25) is 0 Å². The van der Waals surface area contributed by atoms with Gasteiger partial charge in [0.25, 0.3) is 5.69 Å². The first kappa shape index (κ1) is 17.9. The second-order valence-corrected chi connectivity index (χ2v) is 6.32. The quantitative estimate of drug-likeness (QED) is 0.468. The Morgan fingerprint density at radius 3 is 2.54 bits per heavy atom. The Bertz CT molecular complexity index is 727. The third-order valence-corrected chi connectivity index (χ3v) is 4.24. The van der Waals surface area contributed by atoms with Crippen LogP contribution >= 0.6 is 11.8 Å². The molecule has 0 aliphatic rings. The molecule has 0 saturated carbocycles. The Labute approximate surface area is 143 Å². The lowest BCUT2D eigenvalue weighted by Gasteiger charge is -2.09. The van der Waals surface area contributed by atoms with E-state index in [1.54, 1.807) is 0 Å². The molecular formula is C15H19N5O3S. The minimum absolute atomic E-state index is 0.0142. The summed E-state index contributed by atoms with van der Waals surface area (Å²) in [5.74, 6) is 1.15. The number of carbonyl (C=O) groups excluding carboxylic acids is 1. The van der Waals surface area contributed by atoms with Gasteiger partial charge in [-0.05, 0) is 19.1 Å². The highest BCUT2D eigenvalue weighted by Crippen LogP contribution is 2.22. The standard InChI is InChI=1S/C15H19N5O3S/c1-4-19-14(10(2)3)17-18-15(19)24-9-13(21)16-11-5-7-12(8-6-11)20(22)23/h5-8,10H,4,9H2,1-3H3,(H,16,21). The van der Waals surface area contributed by atoms with Crippen molar-refractivity contribution in [1.82, 2.24) is 14.8 Å². The Balaban J connectivity index is 1.95. The molecule has 1 aromatic heterocycles. The van der Waals surface area contributed by atoms with Gasteiger partial charge in [-0.25, -0.2) is 0 Å². The van der Waals surface area contributed by atoms with Crippen molar-refractivity contribution >= 4 is 29.0 Å². The number of nitro groups is 1. The van der Waals surface area contributed by atoms with Crippen molar-refractivity contribution in [1.29, 1.82) is 0 Å². The summed E-state index contributed by atoms with van der Waals surface area (Å²) >= 11 is 1.31. The smallest absolute Gasteiger partial charge is 0.269 e. The molecule has 0 saturated heterocycles. The molecule has 1 aromatic carbocycles. The summed E-state index contributed by atoms with van der Waals surface area (Å²) in [5.41, 5.74) is 0.505. The van der Waals surface area contributed by atoms with E-state index in [4.69, 9.17) is 0 Å². The highest BCUT2D eigenvalue weighted by molar-refractivity contribution is 7.99. The Kier molecular flexibility index (Phi) is 5.91. The number of anilines is 1. The van der Waals surface area contributed by atoms with Crippen LogP contribution in [0.5, 0.6) is 0 Å². The van der Waals surface area contributed by atoms with Gasteiger partial charge in [0.05, 0.1) is 10.7 Å². The fourth-order valence-corrected chi connectivity index (χ4v) is 2.93. The van der Waals surface area contributed by atoms with E-state index < -0.39 is 4.92 Å². The summed E-state index contributed by atoms with van der Waals surface area (Å²) in [5, 5.41) is 22.3. The van der Waals surface area contributed by atoms with Crippen molar-refractivity contribution in [3.8, 4) is 0 Å². The molecule has 1 heterocycles. The molecule has 1 N–H and O–H groups in total. The van der Waals surface area contributed by atoms with E-state index in [1.807, 2.05) is 25.3 Å². The second kappa shape index (κ2) is 7.91. The average molecular weight is 349 g/mol. The van der Waals surface area contributed by atoms with Gasteiger partial charge >= 0.3 is 0 Å². The van der Waals surface area contributed by atoms with Gasteiger partial charge in [-0.1, -0.05) is 25.6 Å². The van der Waals surface area contributed by atoms with Crippen LogP contribution in [0.15, 0.2) is 29.4 Å². The second-order valence-electron chi connectivity index (χ2n) is 5.38. The fourth-order valence-electron chi connectivity index (χ4n) is 2.12. The number of nitrogens with one attached hydrogen (secondary N) is 1. The van der Waals surface area contributed by atoms with E-state index in [-0.39, 0.29) is 23.3 Å². The molecule has 2 aromatic rings. The van der Waals surface area contributed by atoms with Gasteiger partial charge < -0.3 is 9.88 Å². The van der Waals surface area contributed by atoms with E-state index in [2.05, 4.69) is 15.5 Å². The number of hydrogen-bond donors (Lipinski definition) is 1. The van der Waals surface area contributed by atoms with Crippen LogP contribution in [0.25, 0.3) is 0 Å². The zero-order valence-electron chi connectivity index (χ0n) is 13.7. The molecule has 0 unspecified atom stereocenters. The van der Waals surface area contributed by atoms with Gasteiger partial charge in [-0.2, -0.15) is 0 Å². The Morgan fingerprint density at radius 2 is 2.00 bits per heavy atom. The minimum Gasteiger partial charge on any atom is -0.325 e. The average Bonchev–Trinajstić information content (AvgIpc) is 2.96. The highest BCUT2D eigenvalue weighted by Gasteiger charge is 2.15. The Hall–Kier alpha value is -2.42. The highest BCUT2D eigenvalue weighted by atomic mass is 32.2. The van der Waals surface area contributed by atoms with Crippen molar-refractivity contribution in [2.75, 3.05) is 11.1 Å². The van der Waals surface area contributed by atoms with E-state index >= 15 is 0 Å². The molecule has 0 aliphatic carbocycles. The van der Waals surface area contributed by atoms with E-state index in [1.165, 1.54) is 36.0 Å². The third kappa shape index (κ3) is 4.31. The maximum absolute atomic E-state index is 12.0. The number of nitrogens with zero attached hydrogens (tertiary/aromatic N) is 4. The van der Waals surface area contributed by atoms with Crippen LogP contribution in [0, 0.1) is 10.1 Å². The van der Waals surface area contributed by atoms with Crippen molar-refractivity contribution in [3.63, 3.8) is 0 Å². The number of amides is 1. The van der Waals surface area contributed by atoms with E-state index in [9.17, 15) is 14.9 Å². The summed E-state index contributed by atoms with van der Waals surface area (Å²) < 4.78 is 1.99. The minimum atomic E-state index is -0.481. The zero-order valence-corrected chi connectivity index (χ0v) is 14.5. The van der Waals surface area contributed by atoms with Gasteiger partial charge in [-0.3, -0.25) is 14.9 Å². The number of rotatable bonds is 7. The maximum Gasteiger partial charge on any atom is 0.269 e. The Morgan fingerprint density at radius 1 is 1.33 bits per heavy atom. The van der Waals surface area contributed by atoms with Gasteiger partial charge in [0.1, 0.15) is 5.82 Å². The third-order valence-electron chi connectivity index (χ3n) is 3.27. The molecule has 0 atom stereocenters. The van der Waals surface area contributed by atoms with Crippen molar-refractivity contribution in [2.24, 2.45) is 0 Å². The van der Waals surface area contributed by atoms with Crippen LogP contribution in [-0.4, -0.2) is 31.3 Å². The molecular weight excluding hydrogens is 330 g/mol. The van der Waals surface area contributed by atoms with Crippen molar-refractivity contribution in [2.45, 2.75) is 38.4 Å². The lowest BCUT2D eigenvalue weighted by Crippen LogP contribution is -2.14. The first-order chi connectivity index (χ1) is 11.4. The van der Waals surface area contributed by atoms with Crippen LogP contribution in [0.1, 0.15) is 32.5 Å². The number of aromatic nitrogens is 3. The molecule has 0 aliphatic heterocycles. The number of nitro benzene ring substituents is 1. The number of thioether (sulfide) groups is 1. The van der Waals surface area contributed by atoms with Gasteiger partial charge in [0.15, 0.2) is 5.16 Å². The van der Waals surface area contributed by atoms with Gasteiger partial charge in [0.2, 0.25) is 5.91 Å². The lowest BCUT2D eigenvalue weighted by atomic mass is 10.2. The van der Waals surface area contributed by atoms with E-state index in [0.717, 1.165) is 12.4 Å². The lowest BCUT2D eigenvalue weighted by molar-refractivity contribution is -0.384. The van der Waals surface area contributed by atoms with Crippen molar-refractivity contribution in [3.05, 3.63) is 40.2 Å². The molecule has 128 valence electrons. The number of hydrogen-bond acceptors (Lipinski definition) is 6. The van der Waals surface area contributed by atoms with Crippen molar-refractivity contribution < 1.29 is 9.72 Å². The first-order valence-corrected chi connectivity index (χ1v) is 8.51. The summed E-state index contributed by atoms with van der Waals surface area (Å²) in [7, 11) is 0. The summed E-state index contributed by atoms with van der Waals surface area (Å²) in [6.07, 6.45) is 0. The largest absolute Gasteiger partial charge is 0.325 e. The monoisotopic (exact) mass is 349 g/mol. The molecule has 24 heavy (non-hydrogen) atoms. The molecule has 8 nitrogen and oxygen atoms in total.